The molecule has 82 valence electrons. The third-order valence-electron chi connectivity index (χ3n) is 3.26. The molecule has 0 spiro atoms. The molecule has 0 saturated heterocycles. The lowest BCUT2D eigenvalue weighted by Gasteiger charge is -2.23. The molecule has 3 atom stereocenters. The predicted molar refractivity (Wildman–Crippen MR) is 56.9 cm³/mol. The summed E-state index contributed by atoms with van der Waals surface area (Å²) in [5.74, 6) is 1.14. The van der Waals surface area contributed by atoms with Crippen LogP contribution in [0.25, 0.3) is 0 Å². The first kappa shape index (κ1) is 11.5. The van der Waals surface area contributed by atoms with Gasteiger partial charge in [-0.05, 0) is 45.4 Å². The number of esters is 1. The molecule has 0 heterocycles. The highest BCUT2D eigenvalue weighted by Gasteiger charge is 2.35. The van der Waals surface area contributed by atoms with E-state index in [1.165, 1.54) is 6.42 Å². The molecule has 1 aliphatic carbocycles. The minimum absolute atomic E-state index is 0.0662. The molecule has 1 saturated carbocycles. The fourth-order valence-corrected chi connectivity index (χ4v) is 1.80. The zero-order valence-electron chi connectivity index (χ0n) is 9.96. The first-order valence-electron chi connectivity index (χ1n) is 5.53. The Morgan fingerprint density at radius 3 is 2.14 bits per heavy atom. The molecule has 1 aliphatic rings. The van der Waals surface area contributed by atoms with Gasteiger partial charge in [-0.3, -0.25) is 4.79 Å². The first-order chi connectivity index (χ1) is 6.32. The Morgan fingerprint density at radius 2 is 1.79 bits per heavy atom. The Bertz CT molecular complexity index is 215. The average molecular weight is 198 g/mol. The minimum Gasteiger partial charge on any atom is -0.462 e. The van der Waals surface area contributed by atoms with Crippen molar-refractivity contribution in [2.75, 3.05) is 0 Å². The van der Waals surface area contributed by atoms with Crippen LogP contribution in [0, 0.1) is 17.3 Å². The van der Waals surface area contributed by atoms with Crippen LogP contribution in [0.4, 0.5) is 0 Å². The molecule has 0 aromatic heterocycles. The third kappa shape index (κ3) is 2.49. The number of ether oxygens (including phenoxy) is 1. The van der Waals surface area contributed by atoms with E-state index in [0.717, 1.165) is 6.42 Å². The molecule has 0 N–H and O–H groups in total. The van der Waals surface area contributed by atoms with Gasteiger partial charge in [0.05, 0.1) is 5.41 Å². The number of carbonyl (C=O) groups is 1. The van der Waals surface area contributed by atoms with Crippen LogP contribution < -0.4 is 0 Å². The van der Waals surface area contributed by atoms with E-state index >= 15 is 0 Å². The van der Waals surface area contributed by atoms with E-state index in [4.69, 9.17) is 4.74 Å². The van der Waals surface area contributed by atoms with Gasteiger partial charge in [0.15, 0.2) is 0 Å². The topological polar surface area (TPSA) is 26.3 Å². The maximum Gasteiger partial charge on any atom is 0.311 e. The highest BCUT2D eigenvalue weighted by Crippen LogP contribution is 2.34. The molecule has 0 bridgehead atoms. The normalized spacial score (nSPS) is 33.1. The van der Waals surface area contributed by atoms with Crippen molar-refractivity contribution in [3.8, 4) is 0 Å². The number of rotatable bonds is 1. The molecule has 0 amide bonds. The molecule has 1 fully saturated rings. The zero-order valence-corrected chi connectivity index (χ0v) is 9.96. The van der Waals surface area contributed by atoms with Crippen LogP contribution in [0.2, 0.25) is 0 Å². The van der Waals surface area contributed by atoms with Crippen molar-refractivity contribution in [3.63, 3.8) is 0 Å². The van der Waals surface area contributed by atoms with Crippen LogP contribution in [-0.2, 0) is 9.53 Å². The highest BCUT2D eigenvalue weighted by molar-refractivity contribution is 5.75. The molecule has 1 rings (SSSR count). The fourth-order valence-electron chi connectivity index (χ4n) is 1.80. The van der Waals surface area contributed by atoms with Crippen molar-refractivity contribution in [1.29, 1.82) is 0 Å². The van der Waals surface area contributed by atoms with Crippen LogP contribution in [0.1, 0.15) is 47.5 Å². The van der Waals surface area contributed by atoms with Crippen LogP contribution in [0.15, 0.2) is 0 Å². The van der Waals surface area contributed by atoms with Crippen LogP contribution in [0.3, 0.4) is 0 Å². The van der Waals surface area contributed by atoms with Gasteiger partial charge in [-0.15, -0.1) is 0 Å². The van der Waals surface area contributed by atoms with Gasteiger partial charge in [-0.1, -0.05) is 13.8 Å². The van der Waals surface area contributed by atoms with Gasteiger partial charge in [0.1, 0.15) is 6.10 Å². The van der Waals surface area contributed by atoms with E-state index in [0.29, 0.717) is 11.8 Å². The molecule has 0 aromatic carbocycles. The smallest absolute Gasteiger partial charge is 0.311 e. The number of hydrogen-bond donors (Lipinski definition) is 0. The van der Waals surface area contributed by atoms with Crippen molar-refractivity contribution in [1.82, 2.24) is 0 Å². The lowest BCUT2D eigenvalue weighted by molar-refractivity contribution is -0.160. The van der Waals surface area contributed by atoms with E-state index in [9.17, 15) is 4.79 Å². The third-order valence-corrected chi connectivity index (χ3v) is 3.26. The van der Waals surface area contributed by atoms with Gasteiger partial charge in [-0.25, -0.2) is 0 Å². The maximum absolute atomic E-state index is 11.7. The minimum atomic E-state index is -0.369. The predicted octanol–water partition coefficient (Wildman–Crippen LogP) is 3.01. The lowest BCUT2D eigenvalue weighted by Crippen LogP contribution is -2.30. The van der Waals surface area contributed by atoms with Gasteiger partial charge < -0.3 is 4.74 Å². The summed E-state index contributed by atoms with van der Waals surface area (Å²) in [5.41, 5.74) is -0.369. The first-order valence-corrected chi connectivity index (χ1v) is 5.53. The monoisotopic (exact) mass is 198 g/mol. The van der Waals surface area contributed by atoms with E-state index in [2.05, 4.69) is 13.8 Å². The summed E-state index contributed by atoms with van der Waals surface area (Å²) < 4.78 is 5.52. The summed E-state index contributed by atoms with van der Waals surface area (Å²) in [6, 6.07) is 0. The van der Waals surface area contributed by atoms with E-state index < -0.39 is 0 Å². The molecular weight excluding hydrogens is 176 g/mol. The van der Waals surface area contributed by atoms with Crippen molar-refractivity contribution in [2.24, 2.45) is 17.3 Å². The van der Waals surface area contributed by atoms with Crippen LogP contribution in [-0.4, -0.2) is 12.1 Å². The molecular formula is C12H22O2. The van der Waals surface area contributed by atoms with Crippen LogP contribution >= 0.6 is 0 Å². The zero-order chi connectivity index (χ0) is 10.9. The summed E-state index contributed by atoms with van der Waals surface area (Å²) in [6.07, 6.45) is 2.37. The molecule has 0 aliphatic heterocycles. The number of hydrogen-bond acceptors (Lipinski definition) is 2. The summed E-state index contributed by atoms with van der Waals surface area (Å²) >= 11 is 0. The quantitative estimate of drug-likeness (QED) is 0.605. The highest BCUT2D eigenvalue weighted by atomic mass is 16.5. The molecule has 3 unspecified atom stereocenters. The van der Waals surface area contributed by atoms with Crippen LogP contribution in [0.5, 0.6) is 0 Å². The average Bonchev–Trinajstić information content (AvgIpc) is 2.34. The van der Waals surface area contributed by atoms with E-state index in [1.807, 2.05) is 20.8 Å². The second kappa shape index (κ2) is 3.92. The van der Waals surface area contributed by atoms with Gasteiger partial charge in [0, 0.05) is 0 Å². The van der Waals surface area contributed by atoms with Gasteiger partial charge >= 0.3 is 5.97 Å². The van der Waals surface area contributed by atoms with Crippen molar-refractivity contribution in [3.05, 3.63) is 0 Å². The summed E-state index contributed by atoms with van der Waals surface area (Å²) in [7, 11) is 0. The Morgan fingerprint density at radius 1 is 1.21 bits per heavy atom. The maximum atomic E-state index is 11.7. The molecule has 0 aromatic rings. The van der Waals surface area contributed by atoms with Crippen molar-refractivity contribution in [2.45, 2.75) is 53.6 Å². The molecule has 14 heavy (non-hydrogen) atoms. The van der Waals surface area contributed by atoms with E-state index in [1.54, 1.807) is 0 Å². The molecule has 2 heteroatoms. The van der Waals surface area contributed by atoms with Crippen molar-refractivity contribution >= 4 is 5.97 Å². The standard InChI is InChI=1S/C12H22O2/c1-8-6-7-10(9(8)2)14-11(13)12(3,4)5/h8-10H,6-7H2,1-5H3. The largest absolute Gasteiger partial charge is 0.462 e. The van der Waals surface area contributed by atoms with Crippen molar-refractivity contribution < 1.29 is 9.53 Å². The molecule has 0 radical (unpaired) electrons. The summed E-state index contributed by atoms with van der Waals surface area (Å²) in [5, 5.41) is 0. The fraction of sp³-hybridized carbons (Fsp3) is 0.917. The summed E-state index contributed by atoms with van der Waals surface area (Å²) in [4.78, 5) is 11.7. The molecule has 2 nitrogen and oxygen atoms in total. The Balaban J connectivity index is 2.50. The summed E-state index contributed by atoms with van der Waals surface area (Å²) in [6.45, 7) is 10.1. The Kier molecular flexibility index (Phi) is 3.23. The lowest BCUT2D eigenvalue weighted by atomic mass is 9.96. The SMILES string of the molecule is CC1CCC(OC(=O)C(C)(C)C)C1C. The second-order valence-corrected chi connectivity index (χ2v) is 5.61. The van der Waals surface area contributed by atoms with E-state index in [-0.39, 0.29) is 17.5 Å². The Labute approximate surface area is 87.0 Å². The second-order valence-electron chi connectivity index (χ2n) is 5.61. The van der Waals surface area contributed by atoms with Gasteiger partial charge in [0.25, 0.3) is 0 Å². The number of carbonyl (C=O) groups excluding carboxylic acids is 1. The Hall–Kier alpha value is -0.530. The van der Waals surface area contributed by atoms with Gasteiger partial charge in [0.2, 0.25) is 0 Å². The van der Waals surface area contributed by atoms with Gasteiger partial charge in [-0.2, -0.15) is 0 Å².